The van der Waals surface area contributed by atoms with Crippen molar-refractivity contribution >= 4 is 5.91 Å². The summed E-state index contributed by atoms with van der Waals surface area (Å²) in [6, 6.07) is 5.83. The number of nitrogens with zero attached hydrogens (tertiary/aromatic N) is 1. The Morgan fingerprint density at radius 2 is 1.72 bits per heavy atom. The van der Waals surface area contributed by atoms with Crippen molar-refractivity contribution in [3.8, 4) is 0 Å². The first-order valence-electron chi connectivity index (χ1n) is 6.33. The highest BCUT2D eigenvalue weighted by atomic mass is 16.3. The fourth-order valence-corrected chi connectivity index (χ4v) is 2.08. The lowest BCUT2D eigenvalue weighted by Crippen LogP contribution is -2.42. The van der Waals surface area contributed by atoms with Crippen molar-refractivity contribution in [1.82, 2.24) is 4.90 Å². The number of aliphatic hydroxyl groups is 1. The van der Waals surface area contributed by atoms with Gasteiger partial charge in [-0.15, -0.1) is 0 Å². The molecular formula is C15H23NO2. The highest BCUT2D eigenvalue weighted by molar-refractivity contribution is 5.94. The van der Waals surface area contributed by atoms with E-state index in [0.717, 1.165) is 11.1 Å². The first kappa shape index (κ1) is 14.7. The molecule has 0 saturated heterocycles. The van der Waals surface area contributed by atoms with Gasteiger partial charge in [-0.2, -0.15) is 0 Å². The van der Waals surface area contributed by atoms with Crippen molar-refractivity contribution in [3.63, 3.8) is 0 Å². The van der Waals surface area contributed by atoms with Crippen LogP contribution >= 0.6 is 0 Å². The van der Waals surface area contributed by atoms with Crippen molar-refractivity contribution in [2.45, 2.75) is 40.2 Å². The number of aryl methyl sites for hydroxylation is 2. The summed E-state index contributed by atoms with van der Waals surface area (Å²) in [6.07, 6.45) is 0. The first-order valence-corrected chi connectivity index (χ1v) is 6.33. The average Bonchev–Trinajstić information content (AvgIpc) is 2.22. The third-order valence-corrected chi connectivity index (χ3v) is 2.72. The summed E-state index contributed by atoms with van der Waals surface area (Å²) in [5, 5.41) is 9.83. The number of benzene rings is 1. The number of hydrogen-bond donors (Lipinski definition) is 1. The molecule has 0 radical (unpaired) electrons. The van der Waals surface area contributed by atoms with Crippen LogP contribution in [0.4, 0.5) is 0 Å². The Morgan fingerprint density at radius 1 is 1.22 bits per heavy atom. The molecule has 18 heavy (non-hydrogen) atoms. The van der Waals surface area contributed by atoms with Gasteiger partial charge in [-0.3, -0.25) is 4.79 Å². The number of likely N-dealkylation sites (N-methyl/N-ethyl adjacent to an activating group) is 1. The van der Waals surface area contributed by atoms with Crippen LogP contribution in [0.5, 0.6) is 0 Å². The monoisotopic (exact) mass is 249 g/mol. The molecule has 0 saturated carbocycles. The second kappa shape index (κ2) is 5.53. The molecule has 0 bridgehead atoms. The minimum Gasteiger partial charge on any atom is -0.389 e. The number of hydrogen-bond acceptors (Lipinski definition) is 2. The van der Waals surface area contributed by atoms with Crippen LogP contribution in [0.2, 0.25) is 0 Å². The molecule has 3 nitrogen and oxygen atoms in total. The molecule has 1 aromatic rings. The fraction of sp³-hybridized carbons (Fsp3) is 0.533. The molecule has 1 N–H and O–H groups in total. The van der Waals surface area contributed by atoms with E-state index in [1.807, 2.05) is 39.0 Å². The van der Waals surface area contributed by atoms with Gasteiger partial charge in [-0.25, -0.2) is 0 Å². The molecule has 0 aromatic heterocycles. The smallest absolute Gasteiger partial charge is 0.253 e. The molecule has 3 heteroatoms. The number of amides is 1. The van der Waals surface area contributed by atoms with E-state index in [2.05, 4.69) is 0 Å². The van der Waals surface area contributed by atoms with Gasteiger partial charge in [0.15, 0.2) is 0 Å². The van der Waals surface area contributed by atoms with Gasteiger partial charge >= 0.3 is 0 Å². The SMILES string of the molecule is CCN(CC(C)(C)O)C(=O)c1cc(C)cc(C)c1. The highest BCUT2D eigenvalue weighted by Gasteiger charge is 2.22. The summed E-state index contributed by atoms with van der Waals surface area (Å²) < 4.78 is 0. The Hall–Kier alpha value is -1.35. The topological polar surface area (TPSA) is 40.5 Å². The lowest BCUT2D eigenvalue weighted by atomic mass is 10.0. The van der Waals surface area contributed by atoms with Crippen LogP contribution in [0.1, 0.15) is 42.3 Å². The number of carbonyl (C=O) groups excluding carboxylic acids is 1. The maximum atomic E-state index is 12.4. The van der Waals surface area contributed by atoms with E-state index in [-0.39, 0.29) is 5.91 Å². The standard InChI is InChI=1S/C15H23NO2/c1-6-16(10-15(4,5)18)14(17)13-8-11(2)7-12(3)9-13/h7-9,18H,6,10H2,1-5H3. The Morgan fingerprint density at radius 3 is 2.11 bits per heavy atom. The van der Waals surface area contributed by atoms with E-state index in [9.17, 15) is 9.90 Å². The van der Waals surface area contributed by atoms with Gasteiger partial charge < -0.3 is 10.0 Å². The molecule has 0 spiro atoms. The summed E-state index contributed by atoms with van der Waals surface area (Å²) in [5.41, 5.74) is 1.98. The van der Waals surface area contributed by atoms with Crippen LogP contribution in [-0.4, -0.2) is 34.6 Å². The van der Waals surface area contributed by atoms with Crippen molar-refractivity contribution in [1.29, 1.82) is 0 Å². The zero-order valence-corrected chi connectivity index (χ0v) is 11.9. The second-order valence-electron chi connectivity index (χ2n) is 5.51. The largest absolute Gasteiger partial charge is 0.389 e. The molecule has 100 valence electrons. The van der Waals surface area contributed by atoms with Crippen LogP contribution in [0.25, 0.3) is 0 Å². The molecule has 0 heterocycles. The zero-order chi connectivity index (χ0) is 13.9. The molecular weight excluding hydrogens is 226 g/mol. The summed E-state index contributed by atoms with van der Waals surface area (Å²) in [4.78, 5) is 14.0. The molecule has 0 aliphatic carbocycles. The van der Waals surface area contributed by atoms with Crippen LogP contribution in [0.3, 0.4) is 0 Å². The molecule has 0 aliphatic rings. The Balaban J connectivity index is 2.96. The maximum Gasteiger partial charge on any atom is 0.253 e. The predicted octanol–water partition coefficient (Wildman–Crippen LogP) is 2.54. The van der Waals surface area contributed by atoms with E-state index in [1.165, 1.54) is 0 Å². The normalized spacial score (nSPS) is 11.4. The summed E-state index contributed by atoms with van der Waals surface area (Å²) in [6.45, 7) is 10.2. The van der Waals surface area contributed by atoms with Gasteiger partial charge in [0.05, 0.1) is 5.60 Å². The quantitative estimate of drug-likeness (QED) is 0.890. The molecule has 1 rings (SSSR count). The number of rotatable bonds is 4. The van der Waals surface area contributed by atoms with E-state index < -0.39 is 5.60 Å². The van der Waals surface area contributed by atoms with Gasteiger partial charge in [0.25, 0.3) is 5.91 Å². The fourth-order valence-electron chi connectivity index (χ4n) is 2.08. The second-order valence-corrected chi connectivity index (χ2v) is 5.51. The highest BCUT2D eigenvalue weighted by Crippen LogP contribution is 2.13. The molecule has 0 aliphatic heterocycles. The molecule has 0 unspecified atom stereocenters. The first-order chi connectivity index (χ1) is 8.23. The van der Waals surface area contributed by atoms with Crippen LogP contribution in [-0.2, 0) is 0 Å². The summed E-state index contributed by atoms with van der Waals surface area (Å²) in [5.74, 6) is -0.0218. The minimum atomic E-state index is -0.870. The van der Waals surface area contributed by atoms with Crippen molar-refractivity contribution in [3.05, 3.63) is 34.9 Å². The molecule has 1 amide bonds. The lowest BCUT2D eigenvalue weighted by molar-refractivity contribution is 0.0314. The molecule has 0 fully saturated rings. The third-order valence-electron chi connectivity index (χ3n) is 2.72. The maximum absolute atomic E-state index is 12.4. The van der Waals surface area contributed by atoms with E-state index in [4.69, 9.17) is 0 Å². The van der Waals surface area contributed by atoms with Gasteiger partial charge in [-0.1, -0.05) is 17.2 Å². The van der Waals surface area contributed by atoms with Gasteiger partial charge in [0.2, 0.25) is 0 Å². The average molecular weight is 249 g/mol. The minimum absolute atomic E-state index is 0.0218. The summed E-state index contributed by atoms with van der Waals surface area (Å²) >= 11 is 0. The Labute approximate surface area is 109 Å². The van der Waals surface area contributed by atoms with Crippen molar-refractivity contribution in [2.75, 3.05) is 13.1 Å². The third kappa shape index (κ3) is 4.15. The van der Waals surface area contributed by atoms with Crippen molar-refractivity contribution in [2.24, 2.45) is 0 Å². The van der Waals surface area contributed by atoms with Crippen LogP contribution in [0, 0.1) is 13.8 Å². The van der Waals surface area contributed by atoms with Gasteiger partial charge in [0, 0.05) is 18.7 Å². The van der Waals surface area contributed by atoms with E-state index >= 15 is 0 Å². The van der Waals surface area contributed by atoms with Gasteiger partial charge in [0.1, 0.15) is 0 Å². The van der Waals surface area contributed by atoms with Crippen LogP contribution in [0.15, 0.2) is 18.2 Å². The zero-order valence-electron chi connectivity index (χ0n) is 11.9. The van der Waals surface area contributed by atoms with Gasteiger partial charge in [-0.05, 0) is 46.8 Å². The predicted molar refractivity (Wildman–Crippen MR) is 73.8 cm³/mol. The molecule has 1 aromatic carbocycles. The van der Waals surface area contributed by atoms with Crippen LogP contribution < -0.4 is 0 Å². The molecule has 0 atom stereocenters. The van der Waals surface area contributed by atoms with E-state index in [0.29, 0.717) is 18.7 Å². The van der Waals surface area contributed by atoms with E-state index in [1.54, 1.807) is 18.7 Å². The van der Waals surface area contributed by atoms with Crippen molar-refractivity contribution < 1.29 is 9.90 Å². The Kier molecular flexibility index (Phi) is 4.52. The summed E-state index contributed by atoms with van der Waals surface area (Å²) in [7, 11) is 0. The lowest BCUT2D eigenvalue weighted by Gasteiger charge is -2.28. The Bertz CT molecular complexity index is 412. The number of carbonyl (C=O) groups is 1.